The largest absolute Gasteiger partial charge is 0.477 e. The van der Waals surface area contributed by atoms with Gasteiger partial charge in [0.1, 0.15) is 0 Å². The standard InChI is InChI=1S/C13H20N2O/c1-2-7-14-8-12-5-6-13(15-9-12)16-10-11-3-4-11/h5-6,9,11,14H,2-4,7-8,10H2,1H3. The second-order valence-electron chi connectivity index (χ2n) is 4.44. The molecule has 2 rings (SSSR count). The lowest BCUT2D eigenvalue weighted by molar-refractivity contribution is 0.288. The van der Waals surface area contributed by atoms with Crippen LogP contribution in [0.1, 0.15) is 31.7 Å². The van der Waals surface area contributed by atoms with Crippen molar-refractivity contribution in [3.63, 3.8) is 0 Å². The summed E-state index contributed by atoms with van der Waals surface area (Å²) in [4.78, 5) is 4.29. The van der Waals surface area contributed by atoms with Crippen molar-refractivity contribution in [1.29, 1.82) is 0 Å². The molecule has 16 heavy (non-hydrogen) atoms. The van der Waals surface area contributed by atoms with Gasteiger partial charge in [-0.3, -0.25) is 0 Å². The smallest absolute Gasteiger partial charge is 0.213 e. The van der Waals surface area contributed by atoms with Crippen LogP contribution in [0.3, 0.4) is 0 Å². The minimum Gasteiger partial charge on any atom is -0.477 e. The monoisotopic (exact) mass is 220 g/mol. The molecular formula is C13H20N2O. The molecule has 1 fully saturated rings. The fraction of sp³-hybridized carbons (Fsp3) is 0.615. The number of aromatic nitrogens is 1. The molecule has 0 radical (unpaired) electrons. The van der Waals surface area contributed by atoms with Crippen LogP contribution in [-0.2, 0) is 6.54 Å². The van der Waals surface area contributed by atoms with Gasteiger partial charge in [-0.2, -0.15) is 0 Å². The number of hydrogen-bond acceptors (Lipinski definition) is 3. The van der Waals surface area contributed by atoms with E-state index in [0.29, 0.717) is 0 Å². The Hall–Kier alpha value is -1.09. The summed E-state index contributed by atoms with van der Waals surface area (Å²) in [6, 6.07) is 4.04. The van der Waals surface area contributed by atoms with Crippen molar-refractivity contribution in [2.24, 2.45) is 5.92 Å². The molecule has 1 aliphatic carbocycles. The maximum absolute atomic E-state index is 5.58. The van der Waals surface area contributed by atoms with Crippen molar-refractivity contribution in [1.82, 2.24) is 10.3 Å². The van der Waals surface area contributed by atoms with Crippen LogP contribution < -0.4 is 10.1 Å². The van der Waals surface area contributed by atoms with Gasteiger partial charge < -0.3 is 10.1 Å². The Labute approximate surface area is 97.2 Å². The maximum atomic E-state index is 5.58. The van der Waals surface area contributed by atoms with Gasteiger partial charge in [-0.25, -0.2) is 4.98 Å². The van der Waals surface area contributed by atoms with Gasteiger partial charge in [0.15, 0.2) is 0 Å². The van der Waals surface area contributed by atoms with Crippen LogP contribution >= 0.6 is 0 Å². The van der Waals surface area contributed by atoms with E-state index >= 15 is 0 Å². The second kappa shape index (κ2) is 5.85. The number of pyridine rings is 1. The number of nitrogens with one attached hydrogen (secondary N) is 1. The molecule has 0 unspecified atom stereocenters. The Bertz CT molecular complexity index is 306. The van der Waals surface area contributed by atoms with Gasteiger partial charge in [-0.05, 0) is 37.3 Å². The molecule has 0 atom stereocenters. The van der Waals surface area contributed by atoms with Crippen LogP contribution in [-0.4, -0.2) is 18.1 Å². The summed E-state index contributed by atoms with van der Waals surface area (Å²) >= 11 is 0. The van der Waals surface area contributed by atoms with E-state index < -0.39 is 0 Å². The quantitative estimate of drug-likeness (QED) is 0.716. The van der Waals surface area contributed by atoms with Gasteiger partial charge in [-0.1, -0.05) is 13.0 Å². The molecule has 0 aliphatic heterocycles. The molecule has 88 valence electrons. The summed E-state index contributed by atoms with van der Waals surface area (Å²) in [7, 11) is 0. The van der Waals surface area contributed by atoms with E-state index in [4.69, 9.17) is 4.74 Å². The Morgan fingerprint density at radius 2 is 2.31 bits per heavy atom. The lowest BCUT2D eigenvalue weighted by Gasteiger charge is -2.06. The molecule has 0 bridgehead atoms. The fourth-order valence-electron chi connectivity index (χ4n) is 1.50. The molecule has 3 heteroatoms. The fourth-order valence-corrected chi connectivity index (χ4v) is 1.50. The molecule has 0 saturated heterocycles. The van der Waals surface area contributed by atoms with E-state index in [-0.39, 0.29) is 0 Å². The zero-order valence-corrected chi connectivity index (χ0v) is 9.91. The highest BCUT2D eigenvalue weighted by Crippen LogP contribution is 2.29. The van der Waals surface area contributed by atoms with Crippen LogP contribution in [0, 0.1) is 5.92 Å². The molecule has 0 aromatic carbocycles. The van der Waals surface area contributed by atoms with Gasteiger partial charge in [0.05, 0.1) is 6.61 Å². The highest BCUT2D eigenvalue weighted by molar-refractivity contribution is 5.17. The molecule has 1 aromatic heterocycles. The van der Waals surface area contributed by atoms with E-state index in [1.165, 1.54) is 18.4 Å². The van der Waals surface area contributed by atoms with Crippen LogP contribution in [0.25, 0.3) is 0 Å². The van der Waals surface area contributed by atoms with Crippen molar-refractivity contribution < 1.29 is 4.74 Å². The first kappa shape index (κ1) is 11.4. The van der Waals surface area contributed by atoms with Crippen LogP contribution in [0.15, 0.2) is 18.3 Å². The minimum atomic E-state index is 0.756. The predicted octanol–water partition coefficient (Wildman–Crippen LogP) is 2.37. The van der Waals surface area contributed by atoms with Gasteiger partial charge in [0, 0.05) is 18.8 Å². The third-order valence-corrected chi connectivity index (χ3v) is 2.72. The Balaban J connectivity index is 1.74. The Kier molecular flexibility index (Phi) is 4.17. The number of ether oxygens (including phenoxy) is 1. The lowest BCUT2D eigenvalue weighted by Crippen LogP contribution is -2.13. The van der Waals surface area contributed by atoms with Gasteiger partial charge in [-0.15, -0.1) is 0 Å². The first-order chi connectivity index (χ1) is 7.88. The Morgan fingerprint density at radius 1 is 1.44 bits per heavy atom. The predicted molar refractivity (Wildman–Crippen MR) is 64.5 cm³/mol. The third-order valence-electron chi connectivity index (χ3n) is 2.72. The SMILES string of the molecule is CCCNCc1ccc(OCC2CC2)nc1. The van der Waals surface area contributed by atoms with Gasteiger partial charge in [0.25, 0.3) is 0 Å². The molecule has 1 aliphatic rings. The van der Waals surface area contributed by atoms with Crippen molar-refractivity contribution in [2.75, 3.05) is 13.2 Å². The molecule has 3 nitrogen and oxygen atoms in total. The first-order valence-corrected chi connectivity index (χ1v) is 6.17. The third kappa shape index (κ3) is 3.81. The summed E-state index contributed by atoms with van der Waals surface area (Å²) in [6.45, 7) is 4.95. The summed E-state index contributed by atoms with van der Waals surface area (Å²) in [5, 5.41) is 3.35. The number of hydrogen-bond donors (Lipinski definition) is 1. The van der Waals surface area contributed by atoms with Crippen molar-refractivity contribution in [3.05, 3.63) is 23.9 Å². The lowest BCUT2D eigenvalue weighted by atomic mass is 10.3. The average Bonchev–Trinajstić information content (AvgIpc) is 3.12. The van der Waals surface area contributed by atoms with Crippen molar-refractivity contribution in [2.45, 2.75) is 32.7 Å². The summed E-state index contributed by atoms with van der Waals surface area (Å²) in [5.74, 6) is 1.54. The van der Waals surface area contributed by atoms with Gasteiger partial charge >= 0.3 is 0 Å². The highest BCUT2D eigenvalue weighted by atomic mass is 16.5. The highest BCUT2D eigenvalue weighted by Gasteiger charge is 2.21. The van der Waals surface area contributed by atoms with Gasteiger partial charge in [0.2, 0.25) is 5.88 Å². The maximum Gasteiger partial charge on any atom is 0.213 e. The molecule has 1 N–H and O–H groups in total. The normalized spacial score (nSPS) is 15.1. The topological polar surface area (TPSA) is 34.1 Å². The van der Waals surface area contributed by atoms with Crippen molar-refractivity contribution >= 4 is 0 Å². The van der Waals surface area contributed by atoms with E-state index in [1.807, 2.05) is 12.3 Å². The molecule has 1 heterocycles. The molecule has 1 saturated carbocycles. The number of nitrogens with zero attached hydrogens (tertiary/aromatic N) is 1. The molecule has 1 aromatic rings. The summed E-state index contributed by atoms with van der Waals surface area (Å²) in [5.41, 5.74) is 1.22. The summed E-state index contributed by atoms with van der Waals surface area (Å²) in [6.07, 6.45) is 5.69. The summed E-state index contributed by atoms with van der Waals surface area (Å²) < 4.78 is 5.58. The zero-order valence-electron chi connectivity index (χ0n) is 9.91. The Morgan fingerprint density at radius 3 is 2.94 bits per heavy atom. The van der Waals surface area contributed by atoms with Crippen LogP contribution in [0.5, 0.6) is 5.88 Å². The molecular weight excluding hydrogens is 200 g/mol. The number of rotatable bonds is 7. The average molecular weight is 220 g/mol. The zero-order chi connectivity index (χ0) is 11.2. The van der Waals surface area contributed by atoms with Crippen molar-refractivity contribution in [3.8, 4) is 5.88 Å². The van der Waals surface area contributed by atoms with E-state index in [9.17, 15) is 0 Å². The van der Waals surface area contributed by atoms with E-state index in [0.717, 1.165) is 37.9 Å². The molecule has 0 amide bonds. The van der Waals surface area contributed by atoms with Crippen LogP contribution in [0.4, 0.5) is 0 Å². The first-order valence-electron chi connectivity index (χ1n) is 6.17. The minimum absolute atomic E-state index is 0.756. The van der Waals surface area contributed by atoms with E-state index in [1.54, 1.807) is 0 Å². The molecule has 0 spiro atoms. The second-order valence-corrected chi connectivity index (χ2v) is 4.44. The van der Waals surface area contributed by atoms with E-state index in [2.05, 4.69) is 23.3 Å². The van der Waals surface area contributed by atoms with Crippen LogP contribution in [0.2, 0.25) is 0 Å².